The van der Waals surface area contributed by atoms with E-state index in [9.17, 15) is 19.8 Å². The number of anilines is 2. The highest BCUT2D eigenvalue weighted by atomic mass is 16.3. The van der Waals surface area contributed by atoms with Crippen molar-refractivity contribution in [2.45, 2.75) is 19.3 Å². The van der Waals surface area contributed by atoms with E-state index in [1.165, 1.54) is 12.1 Å². The zero-order valence-electron chi connectivity index (χ0n) is 19.4. The summed E-state index contributed by atoms with van der Waals surface area (Å²) < 4.78 is 0. The molecule has 0 aliphatic heterocycles. The Morgan fingerprint density at radius 3 is 2.14 bits per heavy atom. The number of nitrogen functional groups attached to an aromatic ring is 1. The van der Waals surface area contributed by atoms with Gasteiger partial charge in [0.2, 0.25) is 0 Å². The Bertz CT molecular complexity index is 1410. The number of rotatable bonds is 6. The fourth-order valence-corrected chi connectivity index (χ4v) is 3.93. The molecule has 0 unspecified atom stereocenters. The number of benzene rings is 4. The third-order valence-electron chi connectivity index (χ3n) is 6.08. The molecule has 35 heavy (non-hydrogen) atoms. The normalized spacial score (nSPS) is 11.1. The predicted octanol–water partition coefficient (Wildman–Crippen LogP) is 5.49. The largest absolute Gasteiger partial charge is 0.508 e. The van der Waals surface area contributed by atoms with E-state index in [4.69, 9.17) is 5.73 Å². The van der Waals surface area contributed by atoms with Crippen molar-refractivity contribution in [1.29, 1.82) is 0 Å². The molecule has 0 spiro atoms. The molecule has 0 fully saturated rings. The zero-order valence-corrected chi connectivity index (χ0v) is 19.4. The number of amides is 1. The van der Waals surface area contributed by atoms with Crippen LogP contribution in [-0.4, -0.2) is 21.9 Å². The van der Waals surface area contributed by atoms with Gasteiger partial charge in [0.1, 0.15) is 11.5 Å². The molecule has 0 bridgehead atoms. The summed E-state index contributed by atoms with van der Waals surface area (Å²) in [4.78, 5) is 26.1. The number of aromatic hydroxyl groups is 2. The number of nitrogens with two attached hydrogens (primary N) is 1. The van der Waals surface area contributed by atoms with Crippen LogP contribution in [0.5, 0.6) is 11.5 Å². The fraction of sp³-hybridized carbons (Fsp3) is 0.103. The third-order valence-corrected chi connectivity index (χ3v) is 6.08. The first-order valence-electron chi connectivity index (χ1n) is 11.1. The van der Waals surface area contributed by atoms with E-state index >= 15 is 0 Å². The molecule has 0 saturated carbocycles. The lowest BCUT2D eigenvalue weighted by atomic mass is 9.77. The highest BCUT2D eigenvalue weighted by molar-refractivity contribution is 6.12. The van der Waals surface area contributed by atoms with Gasteiger partial charge in [-0.3, -0.25) is 9.59 Å². The maximum atomic E-state index is 13.4. The summed E-state index contributed by atoms with van der Waals surface area (Å²) in [5.74, 6) is -0.748. The molecule has 0 saturated heterocycles. The molecule has 6 heteroatoms. The van der Waals surface area contributed by atoms with Crippen molar-refractivity contribution in [3.63, 3.8) is 0 Å². The first kappa shape index (κ1) is 23.6. The number of phenolic OH excluding ortho intramolecular Hbond substituents is 2. The lowest BCUT2D eigenvalue weighted by molar-refractivity contribution is 0.102. The fourth-order valence-electron chi connectivity index (χ4n) is 3.93. The molecule has 0 aliphatic carbocycles. The van der Waals surface area contributed by atoms with E-state index < -0.39 is 11.2 Å². The van der Waals surface area contributed by atoms with Crippen LogP contribution in [-0.2, 0) is 5.41 Å². The van der Waals surface area contributed by atoms with Crippen LogP contribution in [0.1, 0.15) is 51.3 Å². The van der Waals surface area contributed by atoms with Gasteiger partial charge in [0.15, 0.2) is 5.78 Å². The molecule has 0 atom stereocenters. The van der Waals surface area contributed by atoms with E-state index in [0.29, 0.717) is 16.9 Å². The van der Waals surface area contributed by atoms with Gasteiger partial charge in [-0.25, -0.2) is 0 Å². The second-order valence-electron chi connectivity index (χ2n) is 8.89. The lowest BCUT2D eigenvalue weighted by Gasteiger charge is -2.27. The lowest BCUT2D eigenvalue weighted by Crippen LogP contribution is -2.19. The number of carbonyl (C=O) groups is 2. The molecule has 1 amide bonds. The van der Waals surface area contributed by atoms with Gasteiger partial charge in [0.05, 0.1) is 5.56 Å². The molecular weight excluding hydrogens is 440 g/mol. The number of ketones is 1. The van der Waals surface area contributed by atoms with E-state index in [-0.39, 0.29) is 28.5 Å². The van der Waals surface area contributed by atoms with Gasteiger partial charge in [-0.1, -0.05) is 50.2 Å². The minimum atomic E-state index is -0.490. The van der Waals surface area contributed by atoms with Crippen LogP contribution in [0.25, 0.3) is 0 Å². The summed E-state index contributed by atoms with van der Waals surface area (Å²) in [6.07, 6.45) is 0. The first-order chi connectivity index (χ1) is 16.6. The smallest absolute Gasteiger partial charge is 0.255 e. The van der Waals surface area contributed by atoms with Crippen LogP contribution in [0.15, 0.2) is 91.0 Å². The third kappa shape index (κ3) is 5.01. The summed E-state index contributed by atoms with van der Waals surface area (Å²) in [6.45, 7) is 4.00. The van der Waals surface area contributed by atoms with Crippen LogP contribution in [0.3, 0.4) is 0 Å². The standard InChI is InChI=1S/C29H26N2O4/c1-29(2,20-9-12-24(32)13-10-20)21-11-14-26(33)25(16-21)27(34)18-5-3-6-19(15-18)28(35)31-23-8-4-7-22(30)17-23/h3-17,32-33H,30H2,1-2H3,(H,31,35). The Morgan fingerprint density at radius 2 is 1.43 bits per heavy atom. The summed E-state index contributed by atoms with van der Waals surface area (Å²) in [6, 6.07) is 25.0. The second kappa shape index (κ2) is 9.35. The molecule has 0 aromatic heterocycles. The number of hydrogen-bond donors (Lipinski definition) is 4. The van der Waals surface area contributed by atoms with Crippen LogP contribution in [0.4, 0.5) is 11.4 Å². The first-order valence-corrected chi connectivity index (χ1v) is 11.1. The number of nitrogens with one attached hydrogen (secondary N) is 1. The quantitative estimate of drug-likeness (QED) is 0.222. The monoisotopic (exact) mass is 466 g/mol. The van der Waals surface area contributed by atoms with Crippen molar-refractivity contribution in [3.05, 3.63) is 119 Å². The van der Waals surface area contributed by atoms with Gasteiger partial charge in [-0.15, -0.1) is 0 Å². The number of hydrogen-bond acceptors (Lipinski definition) is 5. The van der Waals surface area contributed by atoms with Gasteiger partial charge in [0, 0.05) is 27.9 Å². The Hall–Kier alpha value is -4.58. The zero-order chi connectivity index (χ0) is 25.2. The molecular formula is C29H26N2O4. The van der Waals surface area contributed by atoms with Crippen molar-refractivity contribution < 1.29 is 19.8 Å². The Balaban J connectivity index is 1.63. The average molecular weight is 467 g/mol. The molecule has 5 N–H and O–H groups in total. The number of phenols is 2. The van der Waals surface area contributed by atoms with E-state index in [0.717, 1.165) is 11.1 Å². The van der Waals surface area contributed by atoms with E-state index in [1.54, 1.807) is 66.7 Å². The van der Waals surface area contributed by atoms with Gasteiger partial charge in [-0.2, -0.15) is 0 Å². The molecule has 0 heterocycles. The molecule has 0 radical (unpaired) electrons. The molecule has 4 rings (SSSR count). The molecule has 0 aliphatic rings. The average Bonchev–Trinajstić information content (AvgIpc) is 2.84. The SMILES string of the molecule is CC(C)(c1ccc(O)cc1)c1ccc(O)c(C(=O)c2cccc(C(=O)Nc3cccc(N)c3)c2)c1. The van der Waals surface area contributed by atoms with Crippen molar-refractivity contribution in [2.24, 2.45) is 0 Å². The number of carbonyl (C=O) groups excluding carboxylic acids is 2. The van der Waals surface area contributed by atoms with Crippen LogP contribution in [0, 0.1) is 0 Å². The highest BCUT2D eigenvalue weighted by Crippen LogP contribution is 2.35. The second-order valence-corrected chi connectivity index (χ2v) is 8.89. The summed E-state index contributed by atoms with van der Waals surface area (Å²) in [5.41, 5.74) is 8.84. The Morgan fingerprint density at radius 1 is 0.771 bits per heavy atom. The van der Waals surface area contributed by atoms with Crippen molar-refractivity contribution in [3.8, 4) is 11.5 Å². The minimum absolute atomic E-state index is 0.141. The molecule has 6 nitrogen and oxygen atoms in total. The van der Waals surface area contributed by atoms with Crippen LogP contribution >= 0.6 is 0 Å². The maximum absolute atomic E-state index is 13.4. The maximum Gasteiger partial charge on any atom is 0.255 e. The Labute approximate surface area is 203 Å². The highest BCUT2D eigenvalue weighted by Gasteiger charge is 2.26. The van der Waals surface area contributed by atoms with Crippen molar-refractivity contribution >= 4 is 23.1 Å². The Kier molecular flexibility index (Phi) is 6.30. The summed E-state index contributed by atoms with van der Waals surface area (Å²) in [5, 5.41) is 22.9. The topological polar surface area (TPSA) is 113 Å². The van der Waals surface area contributed by atoms with Crippen molar-refractivity contribution in [2.75, 3.05) is 11.1 Å². The van der Waals surface area contributed by atoms with Crippen LogP contribution in [0.2, 0.25) is 0 Å². The summed E-state index contributed by atoms with van der Waals surface area (Å²) >= 11 is 0. The van der Waals surface area contributed by atoms with E-state index in [2.05, 4.69) is 5.32 Å². The van der Waals surface area contributed by atoms with Gasteiger partial charge >= 0.3 is 0 Å². The minimum Gasteiger partial charge on any atom is -0.508 e. The molecule has 176 valence electrons. The summed E-state index contributed by atoms with van der Waals surface area (Å²) in [7, 11) is 0. The molecule has 4 aromatic rings. The predicted molar refractivity (Wildman–Crippen MR) is 137 cm³/mol. The van der Waals surface area contributed by atoms with Gasteiger partial charge < -0.3 is 21.3 Å². The van der Waals surface area contributed by atoms with E-state index in [1.807, 2.05) is 26.0 Å². The van der Waals surface area contributed by atoms with Gasteiger partial charge in [0.25, 0.3) is 5.91 Å². The molecule has 4 aromatic carbocycles. The van der Waals surface area contributed by atoms with Crippen LogP contribution < -0.4 is 11.1 Å². The van der Waals surface area contributed by atoms with Crippen molar-refractivity contribution in [1.82, 2.24) is 0 Å². The van der Waals surface area contributed by atoms with Gasteiger partial charge in [-0.05, 0) is 65.7 Å².